The Hall–Kier alpha value is -2.76. The summed E-state index contributed by atoms with van der Waals surface area (Å²) in [7, 11) is 0. The van der Waals surface area contributed by atoms with Crippen molar-refractivity contribution in [2.75, 3.05) is 5.32 Å². The lowest BCUT2D eigenvalue weighted by Gasteiger charge is -2.08. The van der Waals surface area contributed by atoms with Gasteiger partial charge in [-0.2, -0.15) is 0 Å². The third kappa shape index (κ3) is 2.97. The fourth-order valence-electron chi connectivity index (χ4n) is 1.63. The summed E-state index contributed by atoms with van der Waals surface area (Å²) in [6, 6.07) is 4.49. The van der Waals surface area contributed by atoms with Crippen molar-refractivity contribution in [2.24, 2.45) is 0 Å². The number of amides is 1. The molecule has 2 aromatic rings. The highest BCUT2D eigenvalue weighted by Crippen LogP contribution is 2.17. The van der Waals surface area contributed by atoms with E-state index in [2.05, 4.69) is 15.3 Å². The Balaban J connectivity index is 2.19. The number of rotatable bonds is 3. The number of benzene rings is 1. The number of carboxylic acid groups (broad SMARTS) is 1. The number of nitrogens with zero attached hydrogens (tertiary/aromatic N) is 2. The summed E-state index contributed by atoms with van der Waals surface area (Å²) in [5, 5.41) is 11.6. The molecule has 0 radical (unpaired) electrons. The van der Waals surface area contributed by atoms with Crippen molar-refractivity contribution in [1.82, 2.24) is 9.97 Å². The Morgan fingerprint density at radius 3 is 2.45 bits per heavy atom. The van der Waals surface area contributed by atoms with Gasteiger partial charge in [0.25, 0.3) is 5.91 Å². The van der Waals surface area contributed by atoms with Crippen LogP contribution >= 0.6 is 0 Å². The van der Waals surface area contributed by atoms with Gasteiger partial charge in [-0.15, -0.1) is 0 Å². The second-order valence-electron chi connectivity index (χ2n) is 4.33. The maximum Gasteiger partial charge on any atom is 0.335 e. The van der Waals surface area contributed by atoms with E-state index in [1.165, 1.54) is 24.5 Å². The monoisotopic (exact) mass is 271 g/mol. The van der Waals surface area contributed by atoms with Crippen LogP contribution in [0.15, 0.2) is 30.6 Å². The summed E-state index contributed by atoms with van der Waals surface area (Å²) < 4.78 is 0. The van der Waals surface area contributed by atoms with Crippen LogP contribution in [0.4, 0.5) is 5.69 Å². The van der Waals surface area contributed by atoms with Gasteiger partial charge in [0.15, 0.2) is 0 Å². The Bertz CT molecular complexity index is 666. The molecule has 0 fully saturated rings. The minimum Gasteiger partial charge on any atom is -0.478 e. The van der Waals surface area contributed by atoms with E-state index in [1.54, 1.807) is 19.9 Å². The molecule has 102 valence electrons. The van der Waals surface area contributed by atoms with E-state index in [0.717, 1.165) is 5.69 Å². The molecule has 0 saturated heterocycles. The SMILES string of the molecule is Cc1cnc(C(=O)Nc2ccc(C(=O)O)cc2C)cn1. The number of hydrogen-bond donors (Lipinski definition) is 2. The predicted molar refractivity (Wildman–Crippen MR) is 72.9 cm³/mol. The second kappa shape index (κ2) is 5.48. The molecule has 0 spiro atoms. The van der Waals surface area contributed by atoms with Crippen molar-refractivity contribution in [3.05, 3.63) is 53.1 Å². The van der Waals surface area contributed by atoms with Gasteiger partial charge in [0.05, 0.1) is 17.5 Å². The molecule has 0 aliphatic rings. The number of hydrogen-bond acceptors (Lipinski definition) is 4. The molecular weight excluding hydrogens is 258 g/mol. The standard InChI is InChI=1S/C14H13N3O3/c1-8-5-10(14(19)20)3-4-11(8)17-13(18)12-7-15-9(2)6-16-12/h3-7H,1-2H3,(H,17,18)(H,19,20). The molecule has 1 aromatic carbocycles. The van der Waals surface area contributed by atoms with Crippen molar-refractivity contribution >= 4 is 17.6 Å². The molecule has 1 aromatic heterocycles. The minimum absolute atomic E-state index is 0.177. The van der Waals surface area contributed by atoms with Crippen molar-refractivity contribution in [3.8, 4) is 0 Å². The zero-order valence-electron chi connectivity index (χ0n) is 11.0. The van der Waals surface area contributed by atoms with Gasteiger partial charge in [-0.3, -0.25) is 9.78 Å². The average molecular weight is 271 g/mol. The number of carbonyl (C=O) groups is 2. The summed E-state index contributed by atoms with van der Waals surface area (Å²) in [5.74, 6) is -1.39. The lowest BCUT2D eigenvalue weighted by Crippen LogP contribution is -2.15. The van der Waals surface area contributed by atoms with Crippen molar-refractivity contribution in [2.45, 2.75) is 13.8 Å². The minimum atomic E-state index is -1.00. The highest BCUT2D eigenvalue weighted by molar-refractivity contribution is 6.03. The third-order valence-corrected chi connectivity index (χ3v) is 2.74. The first-order chi connectivity index (χ1) is 9.47. The summed E-state index contributed by atoms with van der Waals surface area (Å²) in [6.07, 6.45) is 2.90. The fourth-order valence-corrected chi connectivity index (χ4v) is 1.63. The Morgan fingerprint density at radius 2 is 1.90 bits per heavy atom. The molecule has 2 rings (SSSR count). The van der Waals surface area contributed by atoms with Gasteiger partial charge in [0, 0.05) is 11.9 Å². The summed E-state index contributed by atoms with van der Waals surface area (Å²) in [6.45, 7) is 3.51. The lowest BCUT2D eigenvalue weighted by atomic mass is 10.1. The van der Waals surface area contributed by atoms with Gasteiger partial charge in [-0.05, 0) is 37.6 Å². The Kier molecular flexibility index (Phi) is 3.74. The van der Waals surface area contributed by atoms with Gasteiger partial charge in [-0.1, -0.05) is 0 Å². The summed E-state index contributed by atoms with van der Waals surface area (Å²) >= 11 is 0. The molecule has 6 heteroatoms. The van der Waals surface area contributed by atoms with Crippen LogP contribution in [0.5, 0.6) is 0 Å². The van der Waals surface area contributed by atoms with E-state index in [4.69, 9.17) is 5.11 Å². The predicted octanol–water partition coefficient (Wildman–Crippen LogP) is 2.04. The van der Waals surface area contributed by atoms with Gasteiger partial charge in [0.2, 0.25) is 0 Å². The zero-order valence-corrected chi connectivity index (χ0v) is 11.0. The molecular formula is C14H13N3O3. The fraction of sp³-hybridized carbons (Fsp3) is 0.143. The lowest BCUT2D eigenvalue weighted by molar-refractivity contribution is 0.0696. The zero-order chi connectivity index (χ0) is 14.7. The molecule has 1 amide bonds. The molecule has 0 bridgehead atoms. The van der Waals surface area contributed by atoms with E-state index >= 15 is 0 Å². The van der Waals surface area contributed by atoms with Crippen LogP contribution in [0.25, 0.3) is 0 Å². The maximum absolute atomic E-state index is 12.0. The van der Waals surface area contributed by atoms with Crippen molar-refractivity contribution in [1.29, 1.82) is 0 Å². The maximum atomic E-state index is 12.0. The second-order valence-corrected chi connectivity index (χ2v) is 4.33. The average Bonchev–Trinajstić information content (AvgIpc) is 2.41. The van der Waals surface area contributed by atoms with Gasteiger partial charge >= 0.3 is 5.97 Å². The normalized spacial score (nSPS) is 10.1. The van der Waals surface area contributed by atoms with Crippen molar-refractivity contribution in [3.63, 3.8) is 0 Å². The van der Waals surface area contributed by atoms with Gasteiger partial charge in [0.1, 0.15) is 5.69 Å². The highest BCUT2D eigenvalue weighted by Gasteiger charge is 2.11. The van der Waals surface area contributed by atoms with E-state index < -0.39 is 5.97 Å². The third-order valence-electron chi connectivity index (χ3n) is 2.74. The molecule has 1 heterocycles. The molecule has 0 saturated carbocycles. The molecule has 0 aliphatic heterocycles. The number of aromatic carboxylic acids is 1. The van der Waals surface area contributed by atoms with Crippen LogP contribution in [-0.2, 0) is 0 Å². The van der Waals surface area contributed by atoms with Crippen LogP contribution in [0.2, 0.25) is 0 Å². The number of anilines is 1. The number of nitrogens with one attached hydrogen (secondary N) is 1. The number of aromatic nitrogens is 2. The quantitative estimate of drug-likeness (QED) is 0.891. The van der Waals surface area contributed by atoms with Crippen LogP contribution in [-0.4, -0.2) is 27.0 Å². The van der Waals surface area contributed by atoms with Gasteiger partial charge < -0.3 is 10.4 Å². The topological polar surface area (TPSA) is 92.2 Å². The first-order valence-corrected chi connectivity index (χ1v) is 5.91. The van der Waals surface area contributed by atoms with E-state index in [0.29, 0.717) is 11.3 Å². The number of aryl methyl sites for hydroxylation is 2. The van der Waals surface area contributed by atoms with Crippen LogP contribution < -0.4 is 5.32 Å². The van der Waals surface area contributed by atoms with Crippen LogP contribution in [0.3, 0.4) is 0 Å². The van der Waals surface area contributed by atoms with E-state index in [1.807, 2.05) is 0 Å². The smallest absolute Gasteiger partial charge is 0.335 e. The van der Waals surface area contributed by atoms with Gasteiger partial charge in [-0.25, -0.2) is 9.78 Å². The Morgan fingerprint density at radius 1 is 1.15 bits per heavy atom. The molecule has 2 N–H and O–H groups in total. The van der Waals surface area contributed by atoms with E-state index in [-0.39, 0.29) is 17.2 Å². The van der Waals surface area contributed by atoms with E-state index in [9.17, 15) is 9.59 Å². The van der Waals surface area contributed by atoms with Crippen molar-refractivity contribution < 1.29 is 14.7 Å². The summed E-state index contributed by atoms with van der Waals surface area (Å²) in [5.41, 5.74) is 2.32. The number of carboxylic acids is 1. The molecule has 0 aliphatic carbocycles. The van der Waals surface area contributed by atoms with Crippen LogP contribution in [0.1, 0.15) is 32.1 Å². The number of carbonyl (C=O) groups excluding carboxylic acids is 1. The first kappa shape index (κ1) is 13.7. The largest absolute Gasteiger partial charge is 0.478 e. The molecule has 20 heavy (non-hydrogen) atoms. The molecule has 0 unspecified atom stereocenters. The van der Waals surface area contributed by atoms with Crippen LogP contribution in [0, 0.1) is 13.8 Å². The molecule has 6 nitrogen and oxygen atoms in total. The summed E-state index contributed by atoms with van der Waals surface area (Å²) in [4.78, 5) is 30.8. The molecule has 0 atom stereocenters. The Labute approximate surface area is 115 Å². The highest BCUT2D eigenvalue weighted by atomic mass is 16.4. The first-order valence-electron chi connectivity index (χ1n) is 5.91.